The summed E-state index contributed by atoms with van der Waals surface area (Å²) in [4.78, 5) is 9.82. The van der Waals surface area contributed by atoms with Crippen molar-refractivity contribution in [2.24, 2.45) is 0 Å². The van der Waals surface area contributed by atoms with Gasteiger partial charge in [-0.3, -0.25) is 4.79 Å². The van der Waals surface area contributed by atoms with Crippen LogP contribution in [0.15, 0.2) is 66.7 Å². The molecule has 1 N–H and O–H groups in total. The molecule has 0 aliphatic carbocycles. The maximum absolute atomic E-state index is 9.82. The van der Waals surface area contributed by atoms with E-state index in [9.17, 15) is 4.79 Å². The van der Waals surface area contributed by atoms with Crippen LogP contribution < -0.4 is 0 Å². The molecule has 0 saturated heterocycles. The number of hydrogen-bond donors (Lipinski definition) is 1. The van der Waals surface area contributed by atoms with Crippen molar-refractivity contribution in [1.29, 1.82) is 0 Å². The van der Waals surface area contributed by atoms with Gasteiger partial charge in [-0.1, -0.05) is 66.7 Å². The van der Waals surface area contributed by atoms with Crippen LogP contribution in [0.5, 0.6) is 0 Å². The first-order chi connectivity index (χ1) is 10.7. The lowest BCUT2D eigenvalue weighted by Crippen LogP contribution is -1.95. The van der Waals surface area contributed by atoms with Gasteiger partial charge in [0.2, 0.25) is 0 Å². The molecule has 2 aromatic carbocycles. The Labute approximate surface area is 133 Å². The molecule has 0 heterocycles. The molecular weight excluding hydrogens is 276 g/mol. The highest BCUT2D eigenvalue weighted by molar-refractivity contribution is 5.65. The normalized spacial score (nSPS) is 8.68. The fraction of sp³-hybridized carbons (Fsp3) is 0.316. The lowest BCUT2D eigenvalue weighted by Gasteiger charge is -1.96. The lowest BCUT2D eigenvalue weighted by molar-refractivity contribution is -0.140. The van der Waals surface area contributed by atoms with E-state index in [1.165, 1.54) is 12.5 Å². The predicted molar refractivity (Wildman–Crippen MR) is 90.6 cm³/mol. The van der Waals surface area contributed by atoms with E-state index < -0.39 is 0 Å². The van der Waals surface area contributed by atoms with E-state index in [4.69, 9.17) is 5.11 Å². The van der Waals surface area contributed by atoms with Gasteiger partial charge in [-0.25, -0.2) is 0 Å². The van der Waals surface area contributed by atoms with Gasteiger partial charge in [0.15, 0.2) is 0 Å². The largest absolute Gasteiger partial charge is 0.466 e. The minimum atomic E-state index is -0.211. The number of esters is 1. The van der Waals surface area contributed by atoms with Crippen molar-refractivity contribution in [3.8, 4) is 0 Å². The molecule has 120 valence electrons. The quantitative estimate of drug-likeness (QED) is 0.872. The van der Waals surface area contributed by atoms with Crippen molar-refractivity contribution in [2.75, 3.05) is 13.2 Å². The SMILES string of the molecule is CCOC(C)=O.OCCCc1ccccc1.c1ccccc1. The lowest BCUT2D eigenvalue weighted by atomic mass is 10.1. The summed E-state index contributed by atoms with van der Waals surface area (Å²) in [6.45, 7) is 3.94. The average molecular weight is 302 g/mol. The van der Waals surface area contributed by atoms with Gasteiger partial charge in [0.1, 0.15) is 0 Å². The van der Waals surface area contributed by atoms with Gasteiger partial charge in [-0.05, 0) is 25.3 Å². The minimum absolute atomic E-state index is 0.211. The summed E-state index contributed by atoms with van der Waals surface area (Å²) >= 11 is 0. The van der Waals surface area contributed by atoms with Gasteiger partial charge < -0.3 is 9.84 Å². The topological polar surface area (TPSA) is 46.5 Å². The molecule has 0 amide bonds. The molecule has 2 aromatic rings. The second kappa shape index (κ2) is 15.3. The molecule has 0 atom stereocenters. The Morgan fingerprint density at radius 2 is 1.41 bits per heavy atom. The number of aliphatic hydroxyl groups is 1. The van der Waals surface area contributed by atoms with Crippen molar-refractivity contribution >= 4 is 5.97 Å². The molecule has 0 unspecified atom stereocenters. The summed E-state index contributed by atoms with van der Waals surface area (Å²) < 4.78 is 4.40. The molecule has 0 bridgehead atoms. The van der Waals surface area contributed by atoms with Gasteiger partial charge in [0.25, 0.3) is 0 Å². The summed E-state index contributed by atoms with van der Waals surface area (Å²) in [6.07, 6.45) is 1.85. The fourth-order valence-electron chi connectivity index (χ4n) is 1.52. The van der Waals surface area contributed by atoms with Crippen LogP contribution in [-0.2, 0) is 16.0 Å². The molecule has 3 nitrogen and oxygen atoms in total. The third-order valence-electron chi connectivity index (χ3n) is 2.48. The van der Waals surface area contributed by atoms with Gasteiger partial charge in [-0.15, -0.1) is 0 Å². The number of hydrogen-bond acceptors (Lipinski definition) is 3. The molecule has 0 aliphatic rings. The van der Waals surface area contributed by atoms with Gasteiger partial charge >= 0.3 is 5.97 Å². The van der Waals surface area contributed by atoms with Crippen molar-refractivity contribution in [3.05, 3.63) is 72.3 Å². The highest BCUT2D eigenvalue weighted by Crippen LogP contribution is 2.00. The molecule has 2 rings (SSSR count). The molecular formula is C19H26O3. The number of ether oxygens (including phenoxy) is 1. The molecule has 0 aromatic heterocycles. The Bertz CT molecular complexity index is 428. The molecule has 22 heavy (non-hydrogen) atoms. The Kier molecular flexibility index (Phi) is 13.8. The average Bonchev–Trinajstić information content (AvgIpc) is 2.56. The number of aryl methyl sites for hydroxylation is 1. The van der Waals surface area contributed by atoms with Crippen LogP contribution in [0.1, 0.15) is 25.8 Å². The summed E-state index contributed by atoms with van der Waals surface area (Å²) in [5.74, 6) is -0.211. The van der Waals surface area contributed by atoms with Gasteiger partial charge in [0, 0.05) is 13.5 Å². The first-order valence-corrected chi connectivity index (χ1v) is 7.48. The monoisotopic (exact) mass is 302 g/mol. The zero-order valence-corrected chi connectivity index (χ0v) is 13.4. The number of benzene rings is 2. The Balaban J connectivity index is 0.000000319. The molecule has 0 fully saturated rings. The number of carbonyl (C=O) groups excluding carboxylic acids is 1. The van der Waals surface area contributed by atoms with Gasteiger partial charge in [-0.2, -0.15) is 0 Å². The Morgan fingerprint density at radius 1 is 0.955 bits per heavy atom. The molecule has 0 aliphatic heterocycles. The standard InChI is InChI=1S/C9H12O.C6H6.C4H8O2/c10-8-4-7-9-5-2-1-3-6-9;1-2-4-6-5-3-1;1-3-6-4(2)5/h1-3,5-6,10H,4,7-8H2;1-6H;3H2,1-2H3. The smallest absolute Gasteiger partial charge is 0.302 e. The first kappa shape index (κ1) is 19.9. The van der Waals surface area contributed by atoms with E-state index >= 15 is 0 Å². The zero-order chi connectivity index (χ0) is 16.5. The van der Waals surface area contributed by atoms with Crippen LogP contribution in [0, 0.1) is 0 Å². The van der Waals surface area contributed by atoms with Crippen molar-refractivity contribution in [2.45, 2.75) is 26.7 Å². The van der Waals surface area contributed by atoms with E-state index in [0.717, 1.165) is 12.8 Å². The highest BCUT2D eigenvalue weighted by atomic mass is 16.5. The summed E-state index contributed by atoms with van der Waals surface area (Å²) in [5, 5.41) is 8.53. The highest BCUT2D eigenvalue weighted by Gasteiger charge is 1.88. The fourth-order valence-corrected chi connectivity index (χ4v) is 1.52. The number of carbonyl (C=O) groups is 1. The van der Waals surface area contributed by atoms with Crippen LogP contribution in [0.3, 0.4) is 0 Å². The molecule has 0 spiro atoms. The number of aliphatic hydroxyl groups excluding tert-OH is 1. The second-order valence-corrected chi connectivity index (χ2v) is 4.39. The zero-order valence-electron chi connectivity index (χ0n) is 13.4. The maximum Gasteiger partial charge on any atom is 0.302 e. The summed E-state index contributed by atoms with van der Waals surface area (Å²) in [7, 11) is 0. The van der Waals surface area contributed by atoms with Crippen LogP contribution in [0.25, 0.3) is 0 Å². The molecule has 0 radical (unpaired) electrons. The third-order valence-corrected chi connectivity index (χ3v) is 2.48. The van der Waals surface area contributed by atoms with Crippen LogP contribution in [0.4, 0.5) is 0 Å². The Hall–Kier alpha value is -2.13. The van der Waals surface area contributed by atoms with E-state index in [0.29, 0.717) is 6.61 Å². The first-order valence-electron chi connectivity index (χ1n) is 7.48. The summed E-state index contributed by atoms with van der Waals surface area (Å²) in [5.41, 5.74) is 1.30. The van der Waals surface area contributed by atoms with E-state index in [1.54, 1.807) is 6.92 Å². The minimum Gasteiger partial charge on any atom is -0.466 e. The maximum atomic E-state index is 9.82. The van der Waals surface area contributed by atoms with Crippen LogP contribution in [0.2, 0.25) is 0 Å². The van der Waals surface area contributed by atoms with Gasteiger partial charge in [0.05, 0.1) is 6.61 Å². The van der Waals surface area contributed by atoms with E-state index in [1.807, 2.05) is 54.6 Å². The van der Waals surface area contributed by atoms with E-state index in [-0.39, 0.29) is 12.6 Å². The second-order valence-electron chi connectivity index (χ2n) is 4.39. The van der Waals surface area contributed by atoms with Crippen LogP contribution in [-0.4, -0.2) is 24.3 Å². The third kappa shape index (κ3) is 14.3. The predicted octanol–water partition coefficient (Wildman–Crippen LogP) is 3.87. The van der Waals surface area contributed by atoms with Crippen molar-refractivity contribution in [3.63, 3.8) is 0 Å². The van der Waals surface area contributed by atoms with E-state index in [2.05, 4.69) is 16.9 Å². The summed E-state index contributed by atoms with van der Waals surface area (Å²) in [6, 6.07) is 22.2. The molecule has 0 saturated carbocycles. The Morgan fingerprint density at radius 3 is 1.73 bits per heavy atom. The van der Waals surface area contributed by atoms with Crippen molar-refractivity contribution in [1.82, 2.24) is 0 Å². The molecule has 3 heteroatoms. The van der Waals surface area contributed by atoms with Crippen molar-refractivity contribution < 1.29 is 14.6 Å². The number of rotatable bonds is 4. The van der Waals surface area contributed by atoms with Crippen LogP contribution >= 0.6 is 0 Å².